The van der Waals surface area contributed by atoms with Gasteiger partial charge in [-0.3, -0.25) is 4.79 Å². The lowest BCUT2D eigenvalue weighted by Crippen LogP contribution is -2.19. The fourth-order valence-corrected chi connectivity index (χ4v) is 3.10. The average molecular weight is 378 g/mol. The topological polar surface area (TPSA) is 101 Å². The summed E-state index contributed by atoms with van der Waals surface area (Å²) in [5, 5.41) is 5.76. The summed E-state index contributed by atoms with van der Waals surface area (Å²) in [6.07, 6.45) is -0.644. The second kappa shape index (κ2) is 5.83. The first-order valence-corrected chi connectivity index (χ1v) is 8.08. The quantitative estimate of drug-likeness (QED) is 0.570. The maximum Gasteiger partial charge on any atom is 0.418 e. The Morgan fingerprint density at radius 3 is 2.70 bits per heavy atom. The molecule has 2 N–H and O–H groups in total. The Morgan fingerprint density at radius 1 is 1.22 bits per heavy atom. The van der Waals surface area contributed by atoms with Crippen molar-refractivity contribution in [2.75, 3.05) is 0 Å². The van der Waals surface area contributed by atoms with Crippen LogP contribution in [0, 0.1) is 0 Å². The number of rotatable bonds is 3. The van der Waals surface area contributed by atoms with Crippen LogP contribution < -0.4 is 11.2 Å². The van der Waals surface area contributed by atoms with Gasteiger partial charge in [-0.1, -0.05) is 6.92 Å². The van der Waals surface area contributed by atoms with E-state index in [9.17, 15) is 22.8 Å². The lowest BCUT2D eigenvalue weighted by atomic mass is 10.1. The van der Waals surface area contributed by atoms with Gasteiger partial charge in [-0.05, 0) is 18.6 Å². The number of alkyl halides is 3. The van der Waals surface area contributed by atoms with Crippen LogP contribution in [0.15, 0.2) is 34.1 Å². The number of H-pyrrole nitrogens is 2. The van der Waals surface area contributed by atoms with Crippen molar-refractivity contribution >= 4 is 16.7 Å². The van der Waals surface area contributed by atoms with E-state index in [0.29, 0.717) is 18.7 Å². The Labute approximate surface area is 148 Å². The number of fused-ring (bicyclic) bond motifs is 3. The zero-order valence-corrected chi connectivity index (χ0v) is 14.0. The molecule has 0 aliphatic heterocycles. The molecule has 0 spiro atoms. The molecule has 0 bridgehead atoms. The molecular weight excluding hydrogens is 365 g/mol. The molecule has 0 atom stereocenters. The summed E-state index contributed by atoms with van der Waals surface area (Å²) in [5.41, 5.74) is -2.86. The summed E-state index contributed by atoms with van der Waals surface area (Å²) in [6, 6.07) is 2.03. The van der Waals surface area contributed by atoms with Gasteiger partial charge in [0.15, 0.2) is 0 Å². The Kier molecular flexibility index (Phi) is 3.68. The monoisotopic (exact) mass is 378 g/mol. The summed E-state index contributed by atoms with van der Waals surface area (Å²) in [7, 11) is 0. The Morgan fingerprint density at radius 2 is 2.00 bits per heavy atom. The van der Waals surface area contributed by atoms with Crippen molar-refractivity contribution in [3.63, 3.8) is 0 Å². The van der Waals surface area contributed by atoms with Gasteiger partial charge in [0.25, 0.3) is 5.56 Å². The average Bonchev–Trinajstić information content (AvgIpc) is 3.21. The fourth-order valence-electron chi connectivity index (χ4n) is 3.10. The van der Waals surface area contributed by atoms with Gasteiger partial charge >= 0.3 is 11.9 Å². The summed E-state index contributed by atoms with van der Waals surface area (Å²) < 4.78 is 43.4. The first kappa shape index (κ1) is 17.1. The third-order valence-corrected chi connectivity index (χ3v) is 4.23. The molecule has 0 amide bonds. The van der Waals surface area contributed by atoms with E-state index in [4.69, 9.17) is 0 Å². The molecule has 3 aromatic heterocycles. The van der Waals surface area contributed by atoms with Crippen LogP contribution in [-0.2, 0) is 12.6 Å². The SMILES string of the molecule is CCCc1nccn1-c1cc2c(cc1C(F)(F)F)[nH]c(=O)c1n[nH]c(=O)n12. The van der Waals surface area contributed by atoms with Crippen molar-refractivity contribution in [2.24, 2.45) is 0 Å². The number of imidazole rings is 1. The minimum absolute atomic E-state index is 0.0995. The first-order chi connectivity index (χ1) is 12.8. The van der Waals surface area contributed by atoms with Crippen molar-refractivity contribution in [1.82, 2.24) is 29.1 Å². The van der Waals surface area contributed by atoms with E-state index < -0.39 is 23.0 Å². The van der Waals surface area contributed by atoms with E-state index in [1.165, 1.54) is 23.0 Å². The number of hydrogen-bond donors (Lipinski definition) is 2. The number of halogens is 3. The largest absolute Gasteiger partial charge is 0.418 e. The highest BCUT2D eigenvalue weighted by molar-refractivity contribution is 5.81. The number of nitrogens with zero attached hydrogens (tertiary/aromatic N) is 4. The molecule has 4 aromatic rings. The highest BCUT2D eigenvalue weighted by Crippen LogP contribution is 2.36. The van der Waals surface area contributed by atoms with Crippen LogP contribution in [0.25, 0.3) is 22.4 Å². The molecule has 27 heavy (non-hydrogen) atoms. The van der Waals surface area contributed by atoms with E-state index in [1.54, 1.807) is 0 Å². The van der Waals surface area contributed by atoms with E-state index in [1.807, 2.05) is 6.92 Å². The third kappa shape index (κ3) is 2.62. The number of aryl methyl sites for hydroxylation is 1. The molecule has 140 valence electrons. The van der Waals surface area contributed by atoms with Crippen molar-refractivity contribution in [3.8, 4) is 5.69 Å². The minimum atomic E-state index is -4.68. The molecule has 8 nitrogen and oxygen atoms in total. The van der Waals surface area contributed by atoms with E-state index in [2.05, 4.69) is 20.2 Å². The molecule has 0 aliphatic carbocycles. The molecule has 11 heteroatoms. The number of aromatic amines is 2. The molecule has 4 rings (SSSR count). The van der Waals surface area contributed by atoms with Crippen LogP contribution in [0.4, 0.5) is 13.2 Å². The van der Waals surface area contributed by atoms with Crippen molar-refractivity contribution in [2.45, 2.75) is 25.9 Å². The molecular formula is C16H13F3N6O2. The third-order valence-electron chi connectivity index (χ3n) is 4.23. The van der Waals surface area contributed by atoms with E-state index in [-0.39, 0.29) is 22.4 Å². The zero-order valence-electron chi connectivity index (χ0n) is 14.0. The zero-order chi connectivity index (χ0) is 19.3. The molecule has 0 fully saturated rings. The van der Waals surface area contributed by atoms with Gasteiger partial charge in [-0.25, -0.2) is 19.3 Å². The predicted molar refractivity (Wildman–Crippen MR) is 90.1 cm³/mol. The predicted octanol–water partition coefficient (Wildman–Crippen LogP) is 2.02. The Bertz CT molecular complexity index is 1280. The van der Waals surface area contributed by atoms with Crippen molar-refractivity contribution in [1.29, 1.82) is 0 Å². The molecule has 1 aromatic carbocycles. The summed E-state index contributed by atoms with van der Waals surface area (Å²) in [6.45, 7) is 1.89. The molecule has 0 unspecified atom stereocenters. The van der Waals surface area contributed by atoms with Gasteiger partial charge in [0.05, 0.1) is 22.3 Å². The first-order valence-electron chi connectivity index (χ1n) is 8.08. The molecule has 0 saturated carbocycles. The number of nitrogens with one attached hydrogen (secondary N) is 2. The van der Waals surface area contributed by atoms with E-state index >= 15 is 0 Å². The molecule has 0 radical (unpaired) electrons. The number of hydrogen-bond acceptors (Lipinski definition) is 4. The summed E-state index contributed by atoms with van der Waals surface area (Å²) in [4.78, 5) is 30.5. The highest BCUT2D eigenvalue weighted by Gasteiger charge is 2.35. The van der Waals surface area contributed by atoms with Crippen LogP contribution in [-0.4, -0.2) is 29.1 Å². The lowest BCUT2D eigenvalue weighted by molar-refractivity contribution is -0.137. The second-order valence-corrected chi connectivity index (χ2v) is 5.99. The molecule has 3 heterocycles. The highest BCUT2D eigenvalue weighted by atomic mass is 19.4. The van der Waals surface area contributed by atoms with Crippen LogP contribution >= 0.6 is 0 Å². The maximum absolute atomic E-state index is 13.7. The van der Waals surface area contributed by atoms with Crippen molar-refractivity contribution < 1.29 is 13.2 Å². The fraction of sp³-hybridized carbons (Fsp3) is 0.250. The molecule has 0 saturated heterocycles. The smallest absolute Gasteiger partial charge is 0.317 e. The van der Waals surface area contributed by atoms with Gasteiger partial charge in [0, 0.05) is 18.8 Å². The van der Waals surface area contributed by atoms with Crippen LogP contribution in [0.5, 0.6) is 0 Å². The van der Waals surface area contributed by atoms with Gasteiger partial charge in [-0.15, -0.1) is 5.10 Å². The minimum Gasteiger partial charge on any atom is -0.317 e. The summed E-state index contributed by atoms with van der Waals surface area (Å²) in [5.74, 6) is 0.461. The number of aromatic nitrogens is 6. The maximum atomic E-state index is 13.7. The van der Waals surface area contributed by atoms with Crippen LogP contribution in [0.2, 0.25) is 0 Å². The van der Waals surface area contributed by atoms with Gasteiger partial charge in [0.1, 0.15) is 5.82 Å². The van der Waals surface area contributed by atoms with Gasteiger partial charge in [0.2, 0.25) is 5.65 Å². The lowest BCUT2D eigenvalue weighted by Gasteiger charge is -2.17. The van der Waals surface area contributed by atoms with E-state index in [0.717, 1.165) is 10.5 Å². The Balaban J connectivity index is 2.16. The van der Waals surface area contributed by atoms with Crippen molar-refractivity contribution in [3.05, 3.63) is 56.8 Å². The summed E-state index contributed by atoms with van der Waals surface area (Å²) >= 11 is 0. The van der Waals surface area contributed by atoms with Crippen LogP contribution in [0.1, 0.15) is 24.7 Å². The standard InChI is InChI=1S/C16H13F3N6O2/c1-2-3-12-20-4-5-24(12)10-7-11-9(6-8(10)16(17,18)19)21-14(26)13-22-23-15(27)25(11)13/h4-7H,2-3H2,1H3,(H,21,26)(H,23,27). The Hall–Kier alpha value is -3.37. The van der Waals surface area contributed by atoms with Gasteiger partial charge < -0.3 is 9.55 Å². The van der Waals surface area contributed by atoms with Gasteiger partial charge in [-0.2, -0.15) is 13.2 Å². The molecule has 0 aliphatic rings. The van der Waals surface area contributed by atoms with Crippen LogP contribution in [0.3, 0.4) is 0 Å². The number of benzene rings is 1. The second-order valence-electron chi connectivity index (χ2n) is 5.99. The normalized spacial score (nSPS) is 12.3.